The number of hydrogen-bond donors (Lipinski definition) is 1. The van der Waals surface area contributed by atoms with Crippen molar-refractivity contribution in [1.82, 2.24) is 14.9 Å². The van der Waals surface area contributed by atoms with E-state index in [1.54, 1.807) is 12.1 Å². The van der Waals surface area contributed by atoms with E-state index in [0.717, 1.165) is 48.6 Å². The number of hydrogen-bond acceptors (Lipinski definition) is 5. The van der Waals surface area contributed by atoms with Crippen LogP contribution in [0, 0.1) is 5.82 Å². The number of aromatic amines is 1. The fraction of sp³-hybridized carbons (Fsp3) is 0.261. The van der Waals surface area contributed by atoms with Gasteiger partial charge >= 0.3 is 0 Å². The highest BCUT2D eigenvalue weighted by Gasteiger charge is 2.34. The lowest BCUT2D eigenvalue weighted by Crippen LogP contribution is -2.46. The zero-order chi connectivity index (χ0) is 21.5. The number of halogens is 1. The topological polar surface area (TPSA) is 67.8 Å². The van der Waals surface area contributed by atoms with Crippen molar-refractivity contribution in [3.8, 4) is 0 Å². The van der Waals surface area contributed by atoms with E-state index in [-0.39, 0.29) is 11.7 Å². The number of para-hydroxylation sites is 2. The average Bonchev–Trinajstić information content (AvgIpc) is 3.34. The van der Waals surface area contributed by atoms with E-state index in [9.17, 15) is 9.18 Å². The third-order valence-corrected chi connectivity index (χ3v) is 5.90. The Morgan fingerprint density at radius 3 is 2.45 bits per heavy atom. The number of nitrogens with zero attached hydrogens (tertiary/aromatic N) is 5. The van der Waals surface area contributed by atoms with Crippen LogP contribution < -0.4 is 9.91 Å². The molecule has 1 amide bonds. The van der Waals surface area contributed by atoms with Gasteiger partial charge in [-0.05, 0) is 50.2 Å². The molecule has 5 rings (SSSR count). The average molecular weight is 418 g/mol. The van der Waals surface area contributed by atoms with Crippen molar-refractivity contribution >= 4 is 34.3 Å². The van der Waals surface area contributed by atoms with E-state index in [0.29, 0.717) is 17.2 Å². The smallest absolute Gasteiger partial charge is 0.285 e. The lowest BCUT2D eigenvalue weighted by atomic mass is 10.1. The molecule has 31 heavy (non-hydrogen) atoms. The molecule has 7 nitrogen and oxygen atoms in total. The summed E-state index contributed by atoms with van der Waals surface area (Å²) in [5, 5.41) is 5.83. The van der Waals surface area contributed by atoms with Gasteiger partial charge in [-0.15, -0.1) is 0 Å². The second-order valence-electron chi connectivity index (χ2n) is 7.79. The van der Waals surface area contributed by atoms with Crippen molar-refractivity contribution in [3.05, 3.63) is 65.6 Å². The van der Waals surface area contributed by atoms with Gasteiger partial charge in [0, 0.05) is 37.6 Å². The first-order chi connectivity index (χ1) is 15.0. The Morgan fingerprint density at radius 1 is 1.03 bits per heavy atom. The summed E-state index contributed by atoms with van der Waals surface area (Å²) in [6.45, 7) is 6.98. The van der Waals surface area contributed by atoms with Gasteiger partial charge < -0.3 is 14.8 Å². The minimum atomic E-state index is -0.230. The second-order valence-corrected chi connectivity index (χ2v) is 7.79. The molecule has 0 aliphatic carbocycles. The number of benzene rings is 2. The van der Waals surface area contributed by atoms with Crippen LogP contribution in [0.25, 0.3) is 11.0 Å². The zero-order valence-corrected chi connectivity index (χ0v) is 17.5. The van der Waals surface area contributed by atoms with Crippen molar-refractivity contribution in [2.24, 2.45) is 5.10 Å². The molecule has 1 fully saturated rings. The van der Waals surface area contributed by atoms with Gasteiger partial charge in [-0.1, -0.05) is 12.1 Å². The summed E-state index contributed by atoms with van der Waals surface area (Å²) in [6.07, 6.45) is 0. The van der Waals surface area contributed by atoms with Gasteiger partial charge in [-0.2, -0.15) is 10.1 Å². The van der Waals surface area contributed by atoms with Crippen LogP contribution in [0.5, 0.6) is 0 Å². The van der Waals surface area contributed by atoms with Gasteiger partial charge in [0.1, 0.15) is 5.82 Å². The molecule has 8 heteroatoms. The van der Waals surface area contributed by atoms with Crippen LogP contribution in [0.4, 0.5) is 16.0 Å². The van der Waals surface area contributed by atoms with Crippen LogP contribution in [-0.4, -0.2) is 52.7 Å². The third-order valence-electron chi connectivity index (χ3n) is 5.90. The standard InChI is InChI=1S/C23H23FN6O/c1-15-21(22(31)30(27-15)23-25-19-5-3-4-6-20(19)26-23)16(2)28-11-13-29(14-12-28)18-9-7-17(24)8-10-18/h3-10H,11-14H2,1-2H3,(H,25,26)/b21-16-. The van der Waals surface area contributed by atoms with Crippen LogP contribution in [0.3, 0.4) is 0 Å². The molecule has 3 aromatic rings. The Bertz CT molecular complexity index is 1170. The zero-order valence-electron chi connectivity index (χ0n) is 17.5. The van der Waals surface area contributed by atoms with E-state index in [2.05, 4.69) is 24.9 Å². The summed E-state index contributed by atoms with van der Waals surface area (Å²) >= 11 is 0. The number of nitrogens with one attached hydrogen (secondary N) is 1. The molecule has 0 unspecified atom stereocenters. The first kappa shape index (κ1) is 19.3. The van der Waals surface area contributed by atoms with Gasteiger partial charge in [-0.25, -0.2) is 9.37 Å². The molecule has 0 saturated carbocycles. The molecule has 2 aromatic carbocycles. The predicted octanol–water partition coefficient (Wildman–Crippen LogP) is 3.52. The maximum Gasteiger partial charge on any atom is 0.285 e. The van der Waals surface area contributed by atoms with Crippen LogP contribution in [0.15, 0.2) is 64.9 Å². The molecular formula is C23H23FN6O. The number of carbonyl (C=O) groups excluding carboxylic acids is 1. The molecule has 3 heterocycles. The molecular weight excluding hydrogens is 395 g/mol. The van der Waals surface area contributed by atoms with Crippen molar-refractivity contribution in [2.45, 2.75) is 13.8 Å². The summed E-state index contributed by atoms with van der Waals surface area (Å²) in [7, 11) is 0. The van der Waals surface area contributed by atoms with Gasteiger partial charge in [0.05, 0.1) is 22.3 Å². The highest BCUT2D eigenvalue weighted by molar-refractivity contribution is 6.29. The summed E-state index contributed by atoms with van der Waals surface area (Å²) in [5.41, 5.74) is 4.90. The Hall–Kier alpha value is -3.68. The van der Waals surface area contributed by atoms with Crippen molar-refractivity contribution in [2.75, 3.05) is 36.1 Å². The lowest BCUT2D eigenvalue weighted by Gasteiger charge is -2.38. The van der Waals surface area contributed by atoms with E-state index in [1.807, 2.05) is 38.1 Å². The molecule has 158 valence electrons. The number of allylic oxidation sites excluding steroid dienone is 1. The number of H-pyrrole nitrogens is 1. The summed E-state index contributed by atoms with van der Waals surface area (Å²) in [6, 6.07) is 14.2. The quantitative estimate of drug-likeness (QED) is 0.661. The number of imidazole rings is 1. The summed E-state index contributed by atoms with van der Waals surface area (Å²) in [4.78, 5) is 25.3. The molecule has 0 bridgehead atoms. The maximum absolute atomic E-state index is 13.2. The summed E-state index contributed by atoms with van der Waals surface area (Å²) < 4.78 is 13.2. The van der Waals surface area contributed by atoms with Gasteiger partial charge in [0.15, 0.2) is 0 Å². The summed E-state index contributed by atoms with van der Waals surface area (Å²) in [5.74, 6) is 0.0241. The fourth-order valence-corrected chi connectivity index (χ4v) is 4.22. The largest absolute Gasteiger partial charge is 0.371 e. The normalized spacial score (nSPS) is 18.7. The maximum atomic E-state index is 13.2. The highest BCUT2D eigenvalue weighted by Crippen LogP contribution is 2.27. The van der Waals surface area contributed by atoms with Gasteiger partial charge in [0.25, 0.3) is 5.91 Å². The van der Waals surface area contributed by atoms with E-state index in [4.69, 9.17) is 0 Å². The molecule has 2 aliphatic rings. The molecule has 0 radical (unpaired) electrons. The first-order valence-electron chi connectivity index (χ1n) is 10.3. The third kappa shape index (κ3) is 3.43. The van der Waals surface area contributed by atoms with E-state index < -0.39 is 0 Å². The van der Waals surface area contributed by atoms with Crippen molar-refractivity contribution in [3.63, 3.8) is 0 Å². The number of fused-ring (bicyclic) bond motifs is 1. The van der Waals surface area contributed by atoms with E-state index >= 15 is 0 Å². The number of piperazine rings is 1. The molecule has 2 aliphatic heterocycles. The first-order valence-corrected chi connectivity index (χ1v) is 10.3. The fourth-order valence-electron chi connectivity index (χ4n) is 4.22. The van der Waals surface area contributed by atoms with Crippen molar-refractivity contribution in [1.29, 1.82) is 0 Å². The number of aromatic nitrogens is 2. The highest BCUT2D eigenvalue weighted by atomic mass is 19.1. The minimum absolute atomic E-state index is 0.171. The molecule has 1 N–H and O–H groups in total. The lowest BCUT2D eigenvalue weighted by molar-refractivity contribution is -0.114. The van der Waals surface area contributed by atoms with Crippen LogP contribution in [-0.2, 0) is 4.79 Å². The molecule has 1 aromatic heterocycles. The molecule has 1 saturated heterocycles. The Kier molecular flexibility index (Phi) is 4.69. The van der Waals surface area contributed by atoms with E-state index in [1.165, 1.54) is 17.1 Å². The minimum Gasteiger partial charge on any atom is -0.371 e. The number of carbonyl (C=O) groups is 1. The predicted molar refractivity (Wildman–Crippen MR) is 120 cm³/mol. The number of amides is 1. The van der Waals surface area contributed by atoms with Gasteiger partial charge in [-0.3, -0.25) is 4.79 Å². The van der Waals surface area contributed by atoms with Gasteiger partial charge in [0.2, 0.25) is 5.95 Å². The Morgan fingerprint density at radius 2 is 1.74 bits per heavy atom. The van der Waals surface area contributed by atoms with Crippen molar-refractivity contribution < 1.29 is 9.18 Å². The van der Waals surface area contributed by atoms with Crippen LogP contribution in [0.1, 0.15) is 13.8 Å². The Balaban J connectivity index is 1.34. The number of hydrazone groups is 1. The van der Waals surface area contributed by atoms with Crippen LogP contribution >= 0.6 is 0 Å². The second kappa shape index (κ2) is 7.54. The SMILES string of the molecule is CC1=NN(c2nc3ccccc3[nH]2)C(=O)/C1=C(/C)N1CCN(c2ccc(F)cc2)CC1. The number of anilines is 2. The Labute approximate surface area is 179 Å². The van der Waals surface area contributed by atoms with Crippen LogP contribution in [0.2, 0.25) is 0 Å². The monoisotopic (exact) mass is 418 g/mol. The number of rotatable bonds is 3. The molecule has 0 atom stereocenters. The molecule has 0 spiro atoms.